The second-order valence-corrected chi connectivity index (χ2v) is 6.60. The van der Waals surface area contributed by atoms with Gasteiger partial charge in [0.05, 0.1) is 5.92 Å². The van der Waals surface area contributed by atoms with Crippen LogP contribution in [-0.4, -0.2) is 17.3 Å². The van der Waals surface area contributed by atoms with Crippen LogP contribution in [0, 0.1) is 17.6 Å². The number of halogens is 2. The molecule has 128 valence electrons. The molecule has 0 aliphatic heterocycles. The summed E-state index contributed by atoms with van der Waals surface area (Å²) in [6.07, 6.45) is 3.55. The summed E-state index contributed by atoms with van der Waals surface area (Å²) in [6.45, 7) is 1.52. The van der Waals surface area contributed by atoms with Gasteiger partial charge in [0.1, 0.15) is 11.6 Å². The van der Waals surface area contributed by atoms with Gasteiger partial charge in [-0.3, -0.25) is 4.79 Å². The molecule has 0 heterocycles. The quantitative estimate of drug-likeness (QED) is 0.804. The molecule has 5 heteroatoms. The molecule has 0 aromatic heterocycles. The lowest BCUT2D eigenvalue weighted by molar-refractivity contribution is -0.139. The highest BCUT2D eigenvalue weighted by atomic mass is 32.2. The maximum Gasteiger partial charge on any atom is 0.310 e. The normalized spacial score (nSPS) is 16.2. The maximum absolute atomic E-state index is 14.6. The average molecular weight is 358 g/mol. The fraction of sp³-hybridized carbons (Fsp3) is 0.150. The molecule has 0 fully saturated rings. The van der Waals surface area contributed by atoms with Gasteiger partial charge in [-0.15, -0.1) is 11.8 Å². The summed E-state index contributed by atoms with van der Waals surface area (Å²) in [7, 11) is 0. The van der Waals surface area contributed by atoms with E-state index in [9.17, 15) is 18.7 Å². The van der Waals surface area contributed by atoms with E-state index in [1.165, 1.54) is 24.8 Å². The van der Waals surface area contributed by atoms with Crippen LogP contribution in [0.25, 0.3) is 16.1 Å². The van der Waals surface area contributed by atoms with E-state index >= 15 is 0 Å². The van der Waals surface area contributed by atoms with Crippen LogP contribution in [-0.2, 0) is 4.79 Å². The third-order valence-electron chi connectivity index (χ3n) is 4.26. The Morgan fingerprint density at radius 1 is 1.16 bits per heavy atom. The number of benzene rings is 2. The molecule has 2 nitrogen and oxygen atoms in total. The first-order valence-corrected chi connectivity index (χ1v) is 8.94. The van der Waals surface area contributed by atoms with Crippen LogP contribution < -0.4 is 0 Å². The van der Waals surface area contributed by atoms with E-state index in [0.29, 0.717) is 16.7 Å². The number of hydrogen-bond acceptors (Lipinski definition) is 2. The molecule has 0 bridgehead atoms. The molecule has 1 unspecified atom stereocenters. The first-order chi connectivity index (χ1) is 11.9. The lowest BCUT2D eigenvalue weighted by Crippen LogP contribution is -2.11. The van der Waals surface area contributed by atoms with E-state index < -0.39 is 23.5 Å². The second kappa shape index (κ2) is 6.84. The molecule has 1 atom stereocenters. The van der Waals surface area contributed by atoms with Gasteiger partial charge in [0.2, 0.25) is 0 Å². The summed E-state index contributed by atoms with van der Waals surface area (Å²) in [5, 5.41) is 9.36. The number of hydrogen-bond donors (Lipinski definition) is 1. The van der Waals surface area contributed by atoms with Gasteiger partial charge in [0.25, 0.3) is 0 Å². The molecule has 2 aromatic rings. The van der Waals surface area contributed by atoms with Crippen molar-refractivity contribution in [2.24, 2.45) is 5.92 Å². The summed E-state index contributed by atoms with van der Waals surface area (Å²) >= 11 is 1.45. The third kappa shape index (κ3) is 3.12. The summed E-state index contributed by atoms with van der Waals surface area (Å²) < 4.78 is 28.3. The molecule has 1 aliphatic rings. The Hall–Kier alpha value is -2.40. The van der Waals surface area contributed by atoms with Crippen LogP contribution in [0.5, 0.6) is 0 Å². The van der Waals surface area contributed by atoms with Crippen LogP contribution in [0.4, 0.5) is 8.78 Å². The highest BCUT2D eigenvalue weighted by Crippen LogP contribution is 2.46. The molecule has 0 spiro atoms. The first kappa shape index (κ1) is 17.4. The van der Waals surface area contributed by atoms with Gasteiger partial charge in [-0.25, -0.2) is 8.78 Å². The van der Waals surface area contributed by atoms with Gasteiger partial charge in [-0.2, -0.15) is 0 Å². The smallest absolute Gasteiger partial charge is 0.310 e. The van der Waals surface area contributed by atoms with Crippen molar-refractivity contribution in [1.29, 1.82) is 0 Å². The average Bonchev–Trinajstić information content (AvgIpc) is 2.95. The number of rotatable bonds is 4. The second-order valence-electron chi connectivity index (χ2n) is 5.78. The minimum Gasteiger partial charge on any atom is -0.481 e. The van der Waals surface area contributed by atoms with E-state index in [4.69, 9.17) is 0 Å². The van der Waals surface area contributed by atoms with E-state index in [1.807, 2.05) is 36.6 Å². The fourth-order valence-corrected chi connectivity index (χ4v) is 3.78. The molecule has 2 aromatic carbocycles. The number of aliphatic carboxylic acids is 1. The Balaban J connectivity index is 2.32. The van der Waals surface area contributed by atoms with E-state index in [-0.39, 0.29) is 5.56 Å². The van der Waals surface area contributed by atoms with E-state index in [0.717, 1.165) is 16.5 Å². The molecule has 0 amide bonds. The monoisotopic (exact) mass is 358 g/mol. The van der Waals surface area contributed by atoms with Gasteiger partial charge in [0, 0.05) is 16.5 Å². The number of fused-ring (bicyclic) bond motifs is 1. The Morgan fingerprint density at radius 3 is 2.44 bits per heavy atom. The first-order valence-electron chi connectivity index (χ1n) is 7.72. The van der Waals surface area contributed by atoms with Gasteiger partial charge >= 0.3 is 5.97 Å². The van der Waals surface area contributed by atoms with Crippen molar-refractivity contribution in [2.45, 2.75) is 6.92 Å². The minimum absolute atomic E-state index is 0.262. The minimum atomic E-state index is -1.03. The SMILES string of the molecule is CSC(=C1C=C(C(C)C(=O)O)c2cc(F)cc(F)c21)c1ccccc1. The fourth-order valence-electron chi connectivity index (χ4n) is 3.02. The molecule has 1 aliphatic carbocycles. The molecular weight excluding hydrogens is 342 g/mol. The molecule has 0 saturated carbocycles. The molecular formula is C20H16F2O2S. The van der Waals surface area contributed by atoms with Gasteiger partial charge < -0.3 is 5.11 Å². The number of carboxylic acid groups (broad SMARTS) is 1. The summed E-state index contributed by atoms with van der Waals surface area (Å²) in [5.74, 6) is -3.30. The van der Waals surface area contributed by atoms with Crippen molar-refractivity contribution >= 4 is 33.8 Å². The molecule has 3 rings (SSSR count). The third-order valence-corrected chi connectivity index (χ3v) is 5.12. The zero-order valence-electron chi connectivity index (χ0n) is 13.7. The Kier molecular flexibility index (Phi) is 4.77. The number of thioether (sulfide) groups is 1. The van der Waals surface area contributed by atoms with E-state index in [1.54, 1.807) is 6.08 Å². The van der Waals surface area contributed by atoms with Crippen molar-refractivity contribution in [1.82, 2.24) is 0 Å². The van der Waals surface area contributed by atoms with Crippen molar-refractivity contribution in [3.8, 4) is 0 Å². The number of allylic oxidation sites excluding steroid dienone is 2. The predicted molar refractivity (Wildman–Crippen MR) is 97.9 cm³/mol. The number of carboxylic acids is 1. The van der Waals surface area contributed by atoms with Crippen molar-refractivity contribution in [3.63, 3.8) is 0 Å². The molecule has 0 saturated heterocycles. The van der Waals surface area contributed by atoms with Crippen LogP contribution >= 0.6 is 11.8 Å². The Morgan fingerprint density at radius 2 is 1.84 bits per heavy atom. The zero-order valence-corrected chi connectivity index (χ0v) is 14.5. The standard InChI is InChI=1S/C20H16F2O2S/c1-11(20(23)24)14-10-16(18-15(14)8-13(21)9-17(18)22)19(25-2)12-6-4-3-5-7-12/h3-11H,1-2H3,(H,23,24). The lowest BCUT2D eigenvalue weighted by Gasteiger charge is -2.12. The summed E-state index contributed by atoms with van der Waals surface area (Å²) in [5.41, 5.74) is 2.48. The van der Waals surface area contributed by atoms with Gasteiger partial charge in [-0.05, 0) is 47.6 Å². The predicted octanol–water partition coefficient (Wildman–Crippen LogP) is 5.31. The van der Waals surface area contributed by atoms with Crippen LogP contribution in [0.3, 0.4) is 0 Å². The Labute approximate surface area is 148 Å². The van der Waals surface area contributed by atoms with Crippen molar-refractivity contribution in [3.05, 3.63) is 76.9 Å². The van der Waals surface area contributed by atoms with Gasteiger partial charge in [-0.1, -0.05) is 30.3 Å². The number of carbonyl (C=O) groups is 1. The molecule has 0 radical (unpaired) electrons. The summed E-state index contributed by atoms with van der Waals surface area (Å²) in [4.78, 5) is 12.3. The largest absolute Gasteiger partial charge is 0.481 e. The summed E-state index contributed by atoms with van der Waals surface area (Å²) in [6, 6.07) is 11.5. The maximum atomic E-state index is 14.6. The Bertz CT molecular complexity index is 901. The highest BCUT2D eigenvalue weighted by Gasteiger charge is 2.31. The van der Waals surface area contributed by atoms with Crippen molar-refractivity contribution in [2.75, 3.05) is 6.26 Å². The molecule has 25 heavy (non-hydrogen) atoms. The van der Waals surface area contributed by atoms with E-state index in [2.05, 4.69) is 0 Å². The molecule has 1 N–H and O–H groups in total. The van der Waals surface area contributed by atoms with Crippen molar-refractivity contribution < 1.29 is 18.7 Å². The van der Waals surface area contributed by atoms with Crippen LogP contribution in [0.15, 0.2) is 48.5 Å². The highest BCUT2D eigenvalue weighted by molar-refractivity contribution is 8.08. The zero-order chi connectivity index (χ0) is 18.1. The topological polar surface area (TPSA) is 37.3 Å². The van der Waals surface area contributed by atoms with Crippen LogP contribution in [0.1, 0.15) is 23.6 Å². The van der Waals surface area contributed by atoms with Gasteiger partial charge in [0.15, 0.2) is 0 Å². The van der Waals surface area contributed by atoms with Crippen LogP contribution in [0.2, 0.25) is 0 Å². The lowest BCUT2D eigenvalue weighted by atomic mass is 9.95.